The monoisotopic (exact) mass is 1060 g/mol. The van der Waals surface area contributed by atoms with Crippen molar-refractivity contribution in [1.82, 2.24) is 25.5 Å². The number of aromatic amines is 1. The van der Waals surface area contributed by atoms with Gasteiger partial charge in [-0.25, -0.2) is 18.7 Å². The normalized spacial score (nSPS) is 26.9. The van der Waals surface area contributed by atoms with Crippen LogP contribution in [0, 0.1) is 0 Å². The second-order valence-corrected chi connectivity index (χ2v) is 18.8. The summed E-state index contributed by atoms with van der Waals surface area (Å²) in [6.07, 6.45) is -14.1. The van der Waals surface area contributed by atoms with E-state index in [2.05, 4.69) is 24.8 Å². The lowest BCUT2D eigenvalue weighted by Crippen LogP contribution is -2.65. The van der Waals surface area contributed by atoms with Gasteiger partial charge in [0, 0.05) is 32.0 Å². The molecule has 0 spiro atoms. The van der Waals surface area contributed by atoms with Crippen molar-refractivity contribution in [1.29, 1.82) is 0 Å². The minimum absolute atomic E-state index is 0.140. The number of phosphoric acid groups is 2. The van der Waals surface area contributed by atoms with E-state index in [0.717, 1.165) is 23.8 Å². The van der Waals surface area contributed by atoms with Gasteiger partial charge in [0.1, 0.15) is 60.3 Å². The molecule has 3 rings (SSSR count). The van der Waals surface area contributed by atoms with Gasteiger partial charge in [-0.15, -0.1) is 0 Å². The van der Waals surface area contributed by atoms with Crippen LogP contribution < -0.4 is 38.7 Å². The van der Waals surface area contributed by atoms with Crippen LogP contribution in [0.1, 0.15) is 65.5 Å². The molecule has 4 unspecified atom stereocenters. The van der Waals surface area contributed by atoms with Crippen molar-refractivity contribution in [3.63, 3.8) is 0 Å². The Morgan fingerprint density at radius 2 is 1.53 bits per heavy atom. The van der Waals surface area contributed by atoms with E-state index in [9.17, 15) is 83.2 Å². The summed E-state index contributed by atoms with van der Waals surface area (Å²) < 4.78 is 46.6. The lowest BCUT2D eigenvalue weighted by molar-refractivity contribution is -0.268. The number of hydrogen-bond acceptors (Lipinski definition) is 22. The summed E-state index contributed by atoms with van der Waals surface area (Å²) in [7, 11) is -10.5. The molecule has 70 heavy (non-hydrogen) atoms. The predicted molar refractivity (Wildman–Crippen MR) is 227 cm³/mol. The van der Waals surface area contributed by atoms with Crippen molar-refractivity contribution < 1.29 is 116 Å². The summed E-state index contributed by atoms with van der Waals surface area (Å²) in [6, 6.07) is -4.32. The van der Waals surface area contributed by atoms with Gasteiger partial charge in [-0.1, -0.05) is 0 Å². The number of phosphoric ester groups is 1. The molecule has 35 heteroatoms. The van der Waals surface area contributed by atoms with Crippen LogP contribution in [0.2, 0.25) is 0 Å². The molecule has 0 radical (unpaired) electrons. The SMILES string of the molecule is CC(=O)N[C@@H]1[C@@H](OC(C)CC(N)(CCCC(NC(=O)[C@@H](CCC(=O)O)NC(=O)[C@H](C)N)C(=O)O)C(=O)O)[C@H](O)[C@@H](CO)O[C@@H]1O.O=c1ccn([C@@H]2O[C@H](COP(=O)(O)OP(=O)(O)O)[C@@H](O)[C@H]2O)c(=O)[nH]1. The Labute approximate surface area is 394 Å². The lowest BCUT2D eigenvalue weighted by Gasteiger charge is -2.43. The molecule has 0 saturated carbocycles. The molecule has 19 N–H and O–H groups in total. The molecule has 1 aromatic rings. The maximum Gasteiger partial charge on any atom is 0.481 e. The minimum Gasteiger partial charge on any atom is -0.481 e. The number of amides is 3. The maximum atomic E-state index is 12.8. The first kappa shape index (κ1) is 61.5. The first-order chi connectivity index (χ1) is 32.2. The summed E-state index contributed by atoms with van der Waals surface area (Å²) in [5.41, 5.74) is 8.00. The third-order valence-corrected chi connectivity index (χ3v) is 12.4. The average molecular weight is 1060 g/mol. The summed E-state index contributed by atoms with van der Waals surface area (Å²) in [5.74, 6) is -6.56. The molecule has 0 aromatic carbocycles. The number of nitrogens with one attached hydrogen (secondary N) is 4. The fourth-order valence-electron chi connectivity index (χ4n) is 6.80. The summed E-state index contributed by atoms with van der Waals surface area (Å²) in [5, 5.41) is 85.5. The zero-order chi connectivity index (χ0) is 53.6. The van der Waals surface area contributed by atoms with Crippen molar-refractivity contribution in [2.24, 2.45) is 11.5 Å². The number of carboxylic acids is 3. The number of nitrogens with two attached hydrogens (primary N) is 2. The topological polar surface area (TPSA) is 548 Å². The van der Waals surface area contributed by atoms with Crippen LogP contribution in [0.3, 0.4) is 0 Å². The second kappa shape index (κ2) is 26.7. The Hall–Kier alpha value is -4.64. The van der Waals surface area contributed by atoms with Crippen LogP contribution in [0.5, 0.6) is 0 Å². The number of ether oxygens (including phenoxy) is 3. The average Bonchev–Trinajstić information content (AvgIpc) is 3.51. The van der Waals surface area contributed by atoms with Gasteiger partial charge in [-0.3, -0.25) is 42.8 Å². The smallest absolute Gasteiger partial charge is 0.481 e. The Morgan fingerprint density at radius 3 is 2.04 bits per heavy atom. The standard InChI is InChI=1S/C26H45N5O14.C9H14N2O12P2/c1-11(44-20-18(29-13(3)33)24(41)45-16(10-32)19(20)36)9-26(28,25(42)43)8-4-5-15(23(39)40)31-22(38)14(6-7-17(34)35)30-21(37)12(2)27;12-5-1-2-11(9(15)10-5)8-7(14)6(13)4(22-8)3-21-25(19,20)23-24(16,17)18/h11-12,14-16,18-20,24,32,36,41H,4-10,27-28H2,1-3H3,(H,29,33)(H,30,37)(H,31,38)(H,34,35)(H,39,40)(H,42,43);1-2,4,6-8,13-14H,3H2,(H,19,20)(H,10,12,15)(H2,16,17,18)/t11?,12-,14+,15?,16+,18+,19+,20+,24-,26?;4-,6-,7-,8-/m01/s1. The van der Waals surface area contributed by atoms with E-state index in [4.69, 9.17) is 45.5 Å². The van der Waals surface area contributed by atoms with Gasteiger partial charge >= 0.3 is 39.2 Å². The van der Waals surface area contributed by atoms with E-state index in [1.165, 1.54) is 13.8 Å². The van der Waals surface area contributed by atoms with Crippen molar-refractivity contribution in [2.75, 3.05) is 13.2 Å². The van der Waals surface area contributed by atoms with Crippen molar-refractivity contribution >= 4 is 51.3 Å². The zero-order valence-electron chi connectivity index (χ0n) is 37.4. The van der Waals surface area contributed by atoms with Crippen molar-refractivity contribution in [2.45, 2.75) is 144 Å². The van der Waals surface area contributed by atoms with Gasteiger partial charge in [-0.2, -0.15) is 4.31 Å². The highest BCUT2D eigenvalue weighted by Crippen LogP contribution is 2.57. The number of aliphatic hydroxyl groups excluding tert-OH is 5. The maximum absolute atomic E-state index is 12.8. The van der Waals surface area contributed by atoms with Crippen LogP contribution in [0.25, 0.3) is 0 Å². The van der Waals surface area contributed by atoms with Crippen molar-refractivity contribution in [3.05, 3.63) is 33.1 Å². The molecule has 2 aliphatic heterocycles. The molecular weight excluding hydrogens is 996 g/mol. The van der Waals surface area contributed by atoms with E-state index in [0.29, 0.717) is 0 Å². The molecule has 2 saturated heterocycles. The lowest BCUT2D eigenvalue weighted by atomic mass is 9.87. The van der Waals surface area contributed by atoms with Gasteiger partial charge in [0.05, 0.1) is 25.4 Å². The fraction of sp³-hybridized carbons (Fsp3) is 0.714. The van der Waals surface area contributed by atoms with Gasteiger partial charge in [0.15, 0.2) is 12.5 Å². The Morgan fingerprint density at radius 1 is 0.914 bits per heavy atom. The number of aliphatic hydroxyl groups is 5. The highest BCUT2D eigenvalue weighted by atomic mass is 31.3. The van der Waals surface area contributed by atoms with Crippen LogP contribution >= 0.6 is 15.6 Å². The largest absolute Gasteiger partial charge is 0.481 e. The summed E-state index contributed by atoms with van der Waals surface area (Å²) in [4.78, 5) is 122. The molecule has 2 aliphatic rings. The molecular formula is C35H59N7O26P2. The van der Waals surface area contributed by atoms with E-state index < -0.39 is 167 Å². The third-order valence-electron chi connectivity index (χ3n) is 10.2. The number of hydrogen-bond donors (Lipinski definition) is 17. The van der Waals surface area contributed by atoms with Gasteiger partial charge < -0.3 is 97.2 Å². The Bertz CT molecular complexity index is 2190. The Kier molecular flexibility index (Phi) is 23.5. The molecule has 3 amide bonds. The van der Waals surface area contributed by atoms with Crippen LogP contribution in [0.15, 0.2) is 21.9 Å². The molecule has 33 nitrogen and oxygen atoms in total. The summed E-state index contributed by atoms with van der Waals surface area (Å²) in [6.45, 7) is 2.30. The minimum atomic E-state index is -5.32. The fourth-order valence-corrected chi connectivity index (χ4v) is 8.40. The molecule has 1 aromatic heterocycles. The number of aliphatic carboxylic acids is 3. The molecule has 2 fully saturated rings. The van der Waals surface area contributed by atoms with Crippen LogP contribution in [0.4, 0.5) is 0 Å². The van der Waals surface area contributed by atoms with Gasteiger partial charge in [0.25, 0.3) is 5.56 Å². The van der Waals surface area contributed by atoms with Gasteiger partial charge in [0.2, 0.25) is 17.7 Å². The predicted octanol–water partition coefficient (Wildman–Crippen LogP) is -6.67. The van der Waals surface area contributed by atoms with E-state index >= 15 is 0 Å². The van der Waals surface area contributed by atoms with Gasteiger partial charge in [-0.05, 0) is 39.5 Å². The highest BCUT2D eigenvalue weighted by Gasteiger charge is 2.48. The highest BCUT2D eigenvalue weighted by molar-refractivity contribution is 7.60. The summed E-state index contributed by atoms with van der Waals surface area (Å²) >= 11 is 0. The van der Waals surface area contributed by atoms with E-state index in [-0.39, 0.29) is 32.1 Å². The molecule has 15 atom stereocenters. The van der Waals surface area contributed by atoms with Crippen LogP contribution in [-0.2, 0) is 60.9 Å². The number of carboxylic acid groups (broad SMARTS) is 3. The van der Waals surface area contributed by atoms with Crippen molar-refractivity contribution in [3.8, 4) is 0 Å². The third kappa shape index (κ3) is 19.2. The molecule has 0 aliphatic carbocycles. The van der Waals surface area contributed by atoms with Crippen LogP contribution in [-0.4, -0.2) is 193 Å². The number of carbonyl (C=O) groups is 6. The number of rotatable bonds is 25. The number of nitrogens with zero attached hydrogens (tertiary/aromatic N) is 1. The number of aromatic nitrogens is 2. The first-order valence-electron chi connectivity index (χ1n) is 20.7. The number of H-pyrrole nitrogens is 1. The first-order valence-corrected chi connectivity index (χ1v) is 23.7. The van der Waals surface area contributed by atoms with E-state index in [1.54, 1.807) is 0 Å². The Balaban J connectivity index is 0.000000563. The quantitative estimate of drug-likeness (QED) is 0.0405. The second-order valence-electron chi connectivity index (χ2n) is 16.0. The molecule has 3 heterocycles. The number of carbonyl (C=O) groups excluding carboxylic acids is 3. The molecule has 0 bridgehead atoms. The van der Waals surface area contributed by atoms with E-state index in [1.807, 2.05) is 4.98 Å². The molecule has 400 valence electrons. The zero-order valence-corrected chi connectivity index (χ0v) is 39.1.